The Bertz CT molecular complexity index is 933. The van der Waals surface area contributed by atoms with Gasteiger partial charge in [-0.1, -0.05) is 53.7 Å². The van der Waals surface area contributed by atoms with Crippen molar-refractivity contribution in [2.24, 2.45) is 11.1 Å². The van der Waals surface area contributed by atoms with Gasteiger partial charge in [-0.2, -0.15) is 0 Å². The second-order valence-corrected chi connectivity index (χ2v) is 7.37. The van der Waals surface area contributed by atoms with E-state index in [2.05, 4.69) is 17.3 Å². The Morgan fingerprint density at radius 3 is 2.48 bits per heavy atom. The van der Waals surface area contributed by atoms with Crippen molar-refractivity contribution < 1.29 is 14.4 Å². The van der Waals surface area contributed by atoms with Gasteiger partial charge in [0.05, 0.1) is 12.8 Å². The SMILES string of the molecule is COc1ccc([C@@H]2C[C@H]2/C(=N\OC(=O)c2cccs2)c2ccccc2)cc1. The molecule has 0 bridgehead atoms. The minimum atomic E-state index is -0.417. The topological polar surface area (TPSA) is 47.9 Å². The van der Waals surface area contributed by atoms with E-state index in [0.717, 1.165) is 23.4 Å². The van der Waals surface area contributed by atoms with Gasteiger partial charge in [-0.25, -0.2) is 4.79 Å². The molecule has 0 amide bonds. The number of carbonyl (C=O) groups excluding carboxylic acids is 1. The number of ether oxygens (including phenoxy) is 1. The van der Waals surface area contributed by atoms with Crippen LogP contribution in [0.1, 0.15) is 33.1 Å². The monoisotopic (exact) mass is 377 g/mol. The molecule has 4 nitrogen and oxygen atoms in total. The highest BCUT2D eigenvalue weighted by Gasteiger charge is 2.43. The normalized spacial score (nSPS) is 18.8. The summed E-state index contributed by atoms with van der Waals surface area (Å²) in [5.74, 6) is 1.03. The van der Waals surface area contributed by atoms with Crippen LogP contribution in [0.25, 0.3) is 0 Å². The smallest absolute Gasteiger partial charge is 0.375 e. The number of hydrogen-bond donors (Lipinski definition) is 0. The third kappa shape index (κ3) is 3.93. The van der Waals surface area contributed by atoms with Crippen LogP contribution in [0, 0.1) is 5.92 Å². The average molecular weight is 377 g/mol. The first-order valence-corrected chi connectivity index (χ1v) is 9.66. The molecule has 1 heterocycles. The lowest BCUT2D eigenvalue weighted by molar-refractivity contribution is 0.0521. The number of thiophene rings is 1. The van der Waals surface area contributed by atoms with Gasteiger partial charge >= 0.3 is 5.97 Å². The maximum Gasteiger partial charge on any atom is 0.375 e. The number of nitrogens with zero attached hydrogens (tertiary/aromatic N) is 1. The first-order chi connectivity index (χ1) is 13.3. The van der Waals surface area contributed by atoms with Gasteiger partial charge in [0.25, 0.3) is 0 Å². The summed E-state index contributed by atoms with van der Waals surface area (Å²) in [6.45, 7) is 0. The molecule has 1 aliphatic carbocycles. The zero-order valence-corrected chi connectivity index (χ0v) is 15.7. The lowest BCUT2D eigenvalue weighted by Crippen LogP contribution is -2.08. The second-order valence-electron chi connectivity index (χ2n) is 6.42. The van der Waals surface area contributed by atoms with E-state index in [-0.39, 0.29) is 5.92 Å². The van der Waals surface area contributed by atoms with E-state index in [4.69, 9.17) is 9.57 Å². The third-order valence-corrected chi connectivity index (χ3v) is 5.55. The molecule has 2 atom stereocenters. The Morgan fingerprint density at radius 2 is 1.81 bits per heavy atom. The van der Waals surface area contributed by atoms with Crippen molar-refractivity contribution in [2.45, 2.75) is 12.3 Å². The van der Waals surface area contributed by atoms with Crippen molar-refractivity contribution >= 4 is 23.0 Å². The molecule has 0 spiro atoms. The van der Waals surface area contributed by atoms with Crippen LogP contribution in [-0.4, -0.2) is 18.8 Å². The van der Waals surface area contributed by atoms with E-state index in [9.17, 15) is 4.79 Å². The summed E-state index contributed by atoms with van der Waals surface area (Å²) in [6, 6.07) is 21.6. The molecule has 5 heteroatoms. The van der Waals surface area contributed by atoms with E-state index in [1.54, 1.807) is 13.2 Å². The fourth-order valence-corrected chi connectivity index (χ4v) is 3.78. The van der Waals surface area contributed by atoms with Crippen LogP contribution in [0.2, 0.25) is 0 Å². The fraction of sp³-hybridized carbons (Fsp3) is 0.182. The quantitative estimate of drug-likeness (QED) is 0.340. The summed E-state index contributed by atoms with van der Waals surface area (Å²) >= 11 is 1.35. The molecule has 1 fully saturated rings. The van der Waals surface area contributed by atoms with E-state index in [1.165, 1.54) is 16.9 Å². The maximum atomic E-state index is 12.2. The number of carbonyl (C=O) groups is 1. The minimum Gasteiger partial charge on any atom is -0.497 e. The molecule has 0 radical (unpaired) electrons. The Morgan fingerprint density at radius 1 is 1.04 bits per heavy atom. The molecule has 136 valence electrons. The molecule has 0 unspecified atom stereocenters. The van der Waals surface area contributed by atoms with E-state index in [0.29, 0.717) is 10.8 Å². The summed E-state index contributed by atoms with van der Waals surface area (Å²) in [6.07, 6.45) is 0.983. The van der Waals surface area contributed by atoms with Crippen LogP contribution in [0.5, 0.6) is 5.75 Å². The van der Waals surface area contributed by atoms with E-state index < -0.39 is 5.97 Å². The lowest BCUT2D eigenvalue weighted by atomic mass is 10.0. The molecule has 2 aromatic carbocycles. The Kier molecular flexibility index (Phi) is 5.03. The molecule has 27 heavy (non-hydrogen) atoms. The molecular formula is C22H19NO3S. The molecule has 1 saturated carbocycles. The number of hydrogen-bond acceptors (Lipinski definition) is 5. The highest BCUT2D eigenvalue weighted by Crippen LogP contribution is 2.49. The number of rotatable bonds is 6. The molecule has 0 N–H and O–H groups in total. The standard InChI is InChI=1S/C22H19NO3S/c1-25-17-11-9-15(10-12-17)18-14-19(18)21(16-6-3-2-4-7-16)23-26-22(24)20-8-5-13-27-20/h2-13,18-19H,14H2,1H3/b23-21-/t18-,19+/m0/s1. The zero-order valence-electron chi connectivity index (χ0n) is 14.9. The van der Waals surface area contributed by atoms with Crippen LogP contribution >= 0.6 is 11.3 Å². The first kappa shape index (κ1) is 17.5. The summed E-state index contributed by atoms with van der Waals surface area (Å²) in [5, 5.41) is 6.12. The van der Waals surface area contributed by atoms with Crippen molar-refractivity contribution in [3.8, 4) is 5.75 Å². The highest BCUT2D eigenvalue weighted by atomic mass is 32.1. The molecule has 0 saturated heterocycles. The summed E-state index contributed by atoms with van der Waals surface area (Å²) in [4.78, 5) is 18.0. The van der Waals surface area contributed by atoms with Gasteiger partial charge < -0.3 is 9.57 Å². The predicted molar refractivity (Wildman–Crippen MR) is 107 cm³/mol. The predicted octanol–water partition coefficient (Wildman–Crippen LogP) is 5.12. The first-order valence-electron chi connectivity index (χ1n) is 8.78. The number of benzene rings is 2. The minimum absolute atomic E-state index is 0.233. The van der Waals surface area contributed by atoms with E-state index in [1.807, 2.05) is 53.9 Å². The molecular weight excluding hydrogens is 358 g/mol. The molecule has 4 rings (SSSR count). The number of oxime groups is 1. The highest BCUT2D eigenvalue weighted by molar-refractivity contribution is 7.11. The number of methoxy groups -OCH3 is 1. The summed E-state index contributed by atoms with van der Waals surface area (Å²) in [5.41, 5.74) is 3.05. The van der Waals surface area contributed by atoms with Crippen molar-refractivity contribution in [1.82, 2.24) is 0 Å². The zero-order chi connectivity index (χ0) is 18.6. The van der Waals surface area contributed by atoms with Crippen LogP contribution in [0.4, 0.5) is 0 Å². The summed E-state index contributed by atoms with van der Waals surface area (Å²) in [7, 11) is 1.66. The van der Waals surface area contributed by atoms with Crippen LogP contribution in [0.3, 0.4) is 0 Å². The largest absolute Gasteiger partial charge is 0.497 e. The fourth-order valence-electron chi connectivity index (χ4n) is 3.19. The van der Waals surface area contributed by atoms with Gasteiger partial charge in [-0.3, -0.25) is 0 Å². The lowest BCUT2D eigenvalue weighted by Gasteiger charge is -2.07. The summed E-state index contributed by atoms with van der Waals surface area (Å²) < 4.78 is 5.23. The van der Waals surface area contributed by atoms with Gasteiger partial charge in [0.2, 0.25) is 0 Å². The van der Waals surface area contributed by atoms with Gasteiger partial charge in [-0.05, 0) is 47.0 Å². The van der Waals surface area contributed by atoms with Gasteiger partial charge in [-0.15, -0.1) is 11.3 Å². The molecule has 1 aromatic heterocycles. The maximum absolute atomic E-state index is 12.2. The van der Waals surface area contributed by atoms with Crippen molar-refractivity contribution in [3.05, 3.63) is 88.1 Å². The van der Waals surface area contributed by atoms with Crippen molar-refractivity contribution in [2.75, 3.05) is 7.11 Å². The van der Waals surface area contributed by atoms with Gasteiger partial charge in [0.1, 0.15) is 10.6 Å². The van der Waals surface area contributed by atoms with Gasteiger partial charge in [0, 0.05) is 5.92 Å². The second kappa shape index (κ2) is 7.76. The molecule has 0 aliphatic heterocycles. The third-order valence-electron chi connectivity index (χ3n) is 4.70. The van der Waals surface area contributed by atoms with E-state index >= 15 is 0 Å². The van der Waals surface area contributed by atoms with Crippen molar-refractivity contribution in [1.29, 1.82) is 0 Å². The van der Waals surface area contributed by atoms with Crippen LogP contribution in [-0.2, 0) is 4.84 Å². The average Bonchev–Trinajstić information content (AvgIpc) is 3.30. The Hall–Kier alpha value is -2.92. The van der Waals surface area contributed by atoms with Gasteiger partial charge in [0.15, 0.2) is 0 Å². The Labute approximate surface area is 162 Å². The molecule has 1 aliphatic rings. The Balaban J connectivity index is 1.56. The van der Waals surface area contributed by atoms with Crippen molar-refractivity contribution in [3.63, 3.8) is 0 Å². The van der Waals surface area contributed by atoms with Crippen LogP contribution < -0.4 is 4.74 Å². The molecule has 3 aromatic rings. The van der Waals surface area contributed by atoms with Crippen LogP contribution in [0.15, 0.2) is 77.3 Å².